The van der Waals surface area contributed by atoms with E-state index in [1.165, 1.54) is 11.8 Å². The van der Waals surface area contributed by atoms with E-state index in [1.54, 1.807) is 12.4 Å². The molecule has 0 spiro atoms. The summed E-state index contributed by atoms with van der Waals surface area (Å²) < 4.78 is 2.05. The first-order valence-electron chi connectivity index (χ1n) is 8.51. The van der Waals surface area contributed by atoms with E-state index in [0.717, 1.165) is 22.1 Å². The van der Waals surface area contributed by atoms with E-state index in [2.05, 4.69) is 32.6 Å². The van der Waals surface area contributed by atoms with Gasteiger partial charge in [-0.2, -0.15) is 0 Å². The predicted octanol–water partition coefficient (Wildman–Crippen LogP) is 3.01. The highest BCUT2D eigenvalue weighted by molar-refractivity contribution is 8.00. The molecule has 0 aliphatic rings. The number of benzene rings is 1. The van der Waals surface area contributed by atoms with Gasteiger partial charge in [-0.3, -0.25) is 14.3 Å². The number of thioether (sulfide) groups is 1. The minimum absolute atomic E-state index is 0.00257. The molecule has 0 fully saturated rings. The van der Waals surface area contributed by atoms with Gasteiger partial charge in [-0.25, -0.2) is 0 Å². The molecule has 1 amide bonds. The zero-order valence-electron chi connectivity index (χ0n) is 14.8. The molecule has 0 aliphatic heterocycles. The zero-order valence-corrected chi connectivity index (χ0v) is 15.6. The maximum Gasteiger partial charge on any atom is 0.233 e. The van der Waals surface area contributed by atoms with Gasteiger partial charge in [0.15, 0.2) is 11.0 Å². The van der Waals surface area contributed by atoms with Gasteiger partial charge in [0.1, 0.15) is 0 Å². The number of carbonyl (C=O) groups is 1. The number of hydrogen-bond acceptors (Lipinski definition) is 5. The largest absolute Gasteiger partial charge is 0.355 e. The van der Waals surface area contributed by atoms with Gasteiger partial charge in [0.2, 0.25) is 5.91 Å². The van der Waals surface area contributed by atoms with Crippen LogP contribution in [-0.2, 0) is 11.3 Å². The van der Waals surface area contributed by atoms with E-state index in [-0.39, 0.29) is 11.2 Å². The molecule has 6 nitrogen and oxygen atoms in total. The molecular formula is C19H21N5OS. The summed E-state index contributed by atoms with van der Waals surface area (Å²) in [5.74, 6) is 0.763. The standard InChI is InChI=1S/C19H21N5OS/c1-3-21-18(25)14(2)26-19-23-22-17(16-9-11-20-12-10-16)24(19)13-15-7-5-4-6-8-15/h4-12,14H,3,13H2,1-2H3,(H,21,25)/t14-/m1/s1. The van der Waals surface area contributed by atoms with Crippen LogP contribution < -0.4 is 5.32 Å². The number of hydrogen-bond donors (Lipinski definition) is 1. The lowest BCUT2D eigenvalue weighted by atomic mass is 10.2. The molecule has 2 heterocycles. The van der Waals surface area contributed by atoms with Crippen molar-refractivity contribution in [3.63, 3.8) is 0 Å². The van der Waals surface area contributed by atoms with Crippen molar-refractivity contribution in [2.24, 2.45) is 0 Å². The average molecular weight is 367 g/mol. The molecule has 0 radical (unpaired) electrons. The number of nitrogens with zero attached hydrogens (tertiary/aromatic N) is 4. The smallest absolute Gasteiger partial charge is 0.233 e. The van der Waals surface area contributed by atoms with Crippen molar-refractivity contribution in [2.75, 3.05) is 6.54 Å². The lowest BCUT2D eigenvalue weighted by molar-refractivity contribution is -0.120. The summed E-state index contributed by atoms with van der Waals surface area (Å²) in [6.45, 7) is 5.04. The Morgan fingerprint density at radius 3 is 2.58 bits per heavy atom. The molecule has 0 unspecified atom stereocenters. The molecule has 7 heteroatoms. The van der Waals surface area contributed by atoms with Crippen LogP contribution in [0.25, 0.3) is 11.4 Å². The van der Waals surface area contributed by atoms with Gasteiger partial charge in [0.05, 0.1) is 11.8 Å². The number of nitrogens with one attached hydrogen (secondary N) is 1. The van der Waals surface area contributed by atoms with E-state index in [4.69, 9.17) is 0 Å². The minimum atomic E-state index is -0.251. The molecule has 3 aromatic rings. The molecule has 1 aromatic carbocycles. The molecule has 0 saturated heterocycles. The average Bonchev–Trinajstić information content (AvgIpc) is 3.05. The highest BCUT2D eigenvalue weighted by Crippen LogP contribution is 2.27. The fourth-order valence-corrected chi connectivity index (χ4v) is 3.40. The van der Waals surface area contributed by atoms with Crippen molar-refractivity contribution in [1.29, 1.82) is 0 Å². The van der Waals surface area contributed by atoms with Crippen molar-refractivity contribution in [3.05, 3.63) is 60.4 Å². The summed E-state index contributed by atoms with van der Waals surface area (Å²) in [5.41, 5.74) is 2.09. The number of amides is 1. The molecule has 134 valence electrons. The monoisotopic (exact) mass is 367 g/mol. The zero-order chi connectivity index (χ0) is 18.4. The summed E-state index contributed by atoms with van der Waals surface area (Å²) >= 11 is 1.41. The predicted molar refractivity (Wildman–Crippen MR) is 103 cm³/mol. The molecule has 26 heavy (non-hydrogen) atoms. The number of rotatable bonds is 7. The van der Waals surface area contributed by atoms with Crippen LogP contribution >= 0.6 is 11.8 Å². The van der Waals surface area contributed by atoms with Crippen LogP contribution in [0.2, 0.25) is 0 Å². The SMILES string of the molecule is CCNC(=O)[C@@H](C)Sc1nnc(-c2ccncc2)n1Cc1ccccc1. The Morgan fingerprint density at radius 2 is 1.88 bits per heavy atom. The summed E-state index contributed by atoms with van der Waals surface area (Å²) in [5, 5.41) is 12.0. The lowest BCUT2D eigenvalue weighted by Crippen LogP contribution is -2.30. The second-order valence-corrected chi connectivity index (χ2v) is 7.08. The summed E-state index contributed by atoms with van der Waals surface area (Å²) in [6, 6.07) is 14.0. The van der Waals surface area contributed by atoms with E-state index < -0.39 is 0 Å². The molecule has 3 rings (SSSR count). The van der Waals surface area contributed by atoms with Crippen molar-refractivity contribution < 1.29 is 4.79 Å². The summed E-state index contributed by atoms with van der Waals surface area (Å²) in [4.78, 5) is 16.2. The topological polar surface area (TPSA) is 72.7 Å². The van der Waals surface area contributed by atoms with E-state index in [0.29, 0.717) is 13.1 Å². The van der Waals surface area contributed by atoms with Gasteiger partial charge in [-0.15, -0.1) is 10.2 Å². The number of aromatic nitrogens is 4. The summed E-state index contributed by atoms with van der Waals surface area (Å²) in [6.07, 6.45) is 3.47. The Kier molecular flexibility index (Phi) is 6.01. The maximum absolute atomic E-state index is 12.1. The Bertz CT molecular complexity index is 851. The Hall–Kier alpha value is -2.67. The van der Waals surface area contributed by atoms with Gasteiger partial charge >= 0.3 is 0 Å². The first-order valence-corrected chi connectivity index (χ1v) is 9.39. The van der Waals surface area contributed by atoms with Crippen molar-refractivity contribution in [3.8, 4) is 11.4 Å². The molecule has 0 aliphatic carbocycles. The highest BCUT2D eigenvalue weighted by Gasteiger charge is 2.20. The van der Waals surface area contributed by atoms with Gasteiger partial charge in [-0.05, 0) is 31.5 Å². The van der Waals surface area contributed by atoms with Gasteiger partial charge in [0, 0.05) is 24.5 Å². The molecule has 1 atom stereocenters. The third kappa shape index (κ3) is 4.29. The third-order valence-electron chi connectivity index (χ3n) is 3.84. The Labute approximate surface area is 157 Å². The van der Waals surface area contributed by atoms with Crippen LogP contribution in [0.15, 0.2) is 60.0 Å². The highest BCUT2D eigenvalue weighted by atomic mass is 32.2. The Morgan fingerprint density at radius 1 is 1.15 bits per heavy atom. The van der Waals surface area contributed by atoms with E-state index in [1.807, 2.05) is 48.7 Å². The fourth-order valence-electron chi connectivity index (χ4n) is 2.53. The summed E-state index contributed by atoms with van der Waals surface area (Å²) in [7, 11) is 0. The van der Waals surface area contributed by atoms with Gasteiger partial charge in [0.25, 0.3) is 0 Å². The van der Waals surface area contributed by atoms with Crippen LogP contribution in [-0.4, -0.2) is 37.5 Å². The first-order chi connectivity index (χ1) is 12.7. The van der Waals surface area contributed by atoms with Crippen LogP contribution in [0.3, 0.4) is 0 Å². The van der Waals surface area contributed by atoms with Crippen molar-refractivity contribution in [1.82, 2.24) is 25.1 Å². The number of carbonyl (C=O) groups excluding carboxylic acids is 1. The first kappa shape index (κ1) is 18.1. The normalized spacial score (nSPS) is 11.9. The lowest BCUT2D eigenvalue weighted by Gasteiger charge is -2.13. The molecule has 0 bridgehead atoms. The molecule has 0 saturated carbocycles. The molecule has 2 aromatic heterocycles. The Balaban J connectivity index is 1.94. The van der Waals surface area contributed by atoms with Gasteiger partial charge in [-0.1, -0.05) is 42.1 Å². The van der Waals surface area contributed by atoms with E-state index >= 15 is 0 Å². The van der Waals surface area contributed by atoms with Crippen molar-refractivity contribution >= 4 is 17.7 Å². The third-order valence-corrected chi connectivity index (χ3v) is 4.92. The quantitative estimate of drug-likeness (QED) is 0.650. The minimum Gasteiger partial charge on any atom is -0.355 e. The molecule has 1 N–H and O–H groups in total. The van der Waals surface area contributed by atoms with Crippen LogP contribution in [0.1, 0.15) is 19.4 Å². The van der Waals surface area contributed by atoms with E-state index in [9.17, 15) is 4.79 Å². The molecular weight excluding hydrogens is 346 g/mol. The fraction of sp³-hybridized carbons (Fsp3) is 0.263. The maximum atomic E-state index is 12.1. The van der Waals surface area contributed by atoms with Crippen molar-refractivity contribution in [2.45, 2.75) is 30.8 Å². The second kappa shape index (κ2) is 8.62. The number of pyridine rings is 1. The van der Waals surface area contributed by atoms with Crippen LogP contribution in [0, 0.1) is 0 Å². The second-order valence-electron chi connectivity index (χ2n) is 5.77. The van der Waals surface area contributed by atoms with Gasteiger partial charge < -0.3 is 5.32 Å². The van der Waals surface area contributed by atoms with Crippen LogP contribution in [0.5, 0.6) is 0 Å². The van der Waals surface area contributed by atoms with Crippen LogP contribution in [0.4, 0.5) is 0 Å².